The summed E-state index contributed by atoms with van der Waals surface area (Å²) in [6, 6.07) is 1.26. The molecule has 1 aromatic rings. The number of hydrogen-bond donors (Lipinski definition) is 0. The Morgan fingerprint density at radius 3 is 2.56 bits per heavy atom. The molecule has 100 valence electrons. The van der Waals surface area contributed by atoms with E-state index in [1.165, 1.54) is 13.0 Å². The number of alkyl halides is 3. The van der Waals surface area contributed by atoms with Gasteiger partial charge < -0.3 is 9.47 Å². The van der Waals surface area contributed by atoms with Crippen LogP contribution < -0.4 is 4.74 Å². The molecule has 0 spiro atoms. The number of aromatic nitrogens is 2. The van der Waals surface area contributed by atoms with E-state index >= 15 is 0 Å². The molecule has 0 aliphatic heterocycles. The monoisotopic (exact) mass is 264 g/mol. The number of carbonyl (C=O) groups excluding carboxylic acids is 1. The molecule has 5 nitrogen and oxygen atoms in total. The van der Waals surface area contributed by atoms with Gasteiger partial charge in [0.1, 0.15) is 0 Å². The summed E-state index contributed by atoms with van der Waals surface area (Å²) in [7, 11) is 0. The molecule has 8 heteroatoms. The minimum Gasteiger partial charge on any atom is -0.467 e. The molecule has 0 amide bonds. The van der Waals surface area contributed by atoms with Crippen molar-refractivity contribution in [2.24, 2.45) is 0 Å². The van der Waals surface area contributed by atoms with Crippen LogP contribution in [0.4, 0.5) is 13.2 Å². The van der Waals surface area contributed by atoms with Crippen molar-refractivity contribution in [3.05, 3.63) is 17.3 Å². The third-order valence-corrected chi connectivity index (χ3v) is 1.80. The first-order valence-corrected chi connectivity index (χ1v) is 5.04. The smallest absolute Gasteiger partial charge is 0.422 e. The number of halogens is 3. The highest BCUT2D eigenvalue weighted by Crippen LogP contribution is 2.19. The van der Waals surface area contributed by atoms with Crippen molar-refractivity contribution in [1.82, 2.24) is 10.2 Å². The molecule has 0 radical (unpaired) electrons. The van der Waals surface area contributed by atoms with Gasteiger partial charge in [0, 0.05) is 5.56 Å². The Morgan fingerprint density at radius 1 is 1.39 bits per heavy atom. The van der Waals surface area contributed by atoms with Crippen LogP contribution in [0.25, 0.3) is 0 Å². The van der Waals surface area contributed by atoms with Gasteiger partial charge in [0.05, 0.1) is 6.61 Å². The van der Waals surface area contributed by atoms with E-state index in [1.807, 2.05) is 0 Å². The van der Waals surface area contributed by atoms with Gasteiger partial charge in [-0.05, 0) is 19.9 Å². The number of aryl methyl sites for hydroxylation is 1. The average molecular weight is 264 g/mol. The van der Waals surface area contributed by atoms with Crippen LogP contribution in [-0.4, -0.2) is 35.6 Å². The van der Waals surface area contributed by atoms with Crippen molar-refractivity contribution < 1.29 is 27.4 Å². The molecule has 0 saturated heterocycles. The highest BCUT2D eigenvalue weighted by atomic mass is 19.4. The zero-order valence-electron chi connectivity index (χ0n) is 9.74. The van der Waals surface area contributed by atoms with Gasteiger partial charge in [-0.2, -0.15) is 13.2 Å². The van der Waals surface area contributed by atoms with Crippen LogP contribution in [0, 0.1) is 6.92 Å². The van der Waals surface area contributed by atoms with E-state index in [2.05, 4.69) is 19.7 Å². The topological polar surface area (TPSA) is 61.3 Å². The second kappa shape index (κ2) is 5.65. The van der Waals surface area contributed by atoms with Crippen molar-refractivity contribution >= 4 is 5.97 Å². The predicted octanol–water partition coefficient (Wildman–Crippen LogP) is 1.90. The Labute approximate surface area is 101 Å². The Hall–Kier alpha value is -1.86. The van der Waals surface area contributed by atoms with E-state index in [0.717, 1.165) is 0 Å². The molecule has 1 heterocycles. The second-order valence-electron chi connectivity index (χ2n) is 3.34. The number of ether oxygens (including phenoxy) is 2. The van der Waals surface area contributed by atoms with Crippen LogP contribution >= 0.6 is 0 Å². The van der Waals surface area contributed by atoms with Crippen molar-refractivity contribution in [3.8, 4) is 5.88 Å². The molecule has 0 saturated carbocycles. The zero-order valence-corrected chi connectivity index (χ0v) is 9.74. The van der Waals surface area contributed by atoms with E-state index in [4.69, 9.17) is 0 Å². The first-order valence-electron chi connectivity index (χ1n) is 5.04. The van der Waals surface area contributed by atoms with E-state index in [0.29, 0.717) is 0 Å². The van der Waals surface area contributed by atoms with E-state index < -0.39 is 18.8 Å². The molecule has 0 unspecified atom stereocenters. The average Bonchev–Trinajstić information content (AvgIpc) is 2.26. The third kappa shape index (κ3) is 4.19. The molecule has 0 aliphatic rings. The summed E-state index contributed by atoms with van der Waals surface area (Å²) < 4.78 is 44.9. The van der Waals surface area contributed by atoms with Gasteiger partial charge in [-0.1, -0.05) is 0 Å². The maximum Gasteiger partial charge on any atom is 0.422 e. The Kier molecular flexibility index (Phi) is 4.46. The van der Waals surface area contributed by atoms with Crippen LogP contribution in [0.15, 0.2) is 6.07 Å². The number of hydrogen-bond acceptors (Lipinski definition) is 5. The molecule has 0 bridgehead atoms. The number of rotatable bonds is 4. The molecule has 1 rings (SSSR count). The highest BCUT2D eigenvalue weighted by Gasteiger charge is 2.29. The lowest BCUT2D eigenvalue weighted by Gasteiger charge is -2.10. The van der Waals surface area contributed by atoms with Crippen LogP contribution in [-0.2, 0) is 4.74 Å². The molecular formula is C10H11F3N2O3. The second-order valence-corrected chi connectivity index (χ2v) is 3.34. The van der Waals surface area contributed by atoms with Gasteiger partial charge in [-0.15, -0.1) is 10.2 Å². The minimum atomic E-state index is -4.45. The largest absolute Gasteiger partial charge is 0.467 e. The third-order valence-electron chi connectivity index (χ3n) is 1.80. The standard InChI is InChI=1S/C10H11F3N2O3/c1-3-17-9(16)7-4-6(2)8(15-14-7)18-5-10(11,12)13/h4H,3,5H2,1-2H3. The van der Waals surface area contributed by atoms with Gasteiger partial charge >= 0.3 is 12.1 Å². The lowest BCUT2D eigenvalue weighted by Crippen LogP contribution is -2.20. The fraction of sp³-hybridized carbons (Fsp3) is 0.500. The summed E-state index contributed by atoms with van der Waals surface area (Å²) in [5.74, 6) is -0.948. The summed E-state index contributed by atoms with van der Waals surface area (Å²) in [4.78, 5) is 11.3. The van der Waals surface area contributed by atoms with Crippen molar-refractivity contribution in [2.75, 3.05) is 13.2 Å². The van der Waals surface area contributed by atoms with Gasteiger partial charge in [0.2, 0.25) is 5.88 Å². The summed E-state index contributed by atoms with van der Waals surface area (Å²) in [5.41, 5.74) is 0.200. The zero-order chi connectivity index (χ0) is 13.8. The summed E-state index contributed by atoms with van der Waals surface area (Å²) in [6.07, 6.45) is -4.45. The maximum absolute atomic E-state index is 11.9. The lowest BCUT2D eigenvalue weighted by molar-refractivity contribution is -0.154. The highest BCUT2D eigenvalue weighted by molar-refractivity contribution is 5.87. The Balaban J connectivity index is 2.77. The van der Waals surface area contributed by atoms with E-state index in [9.17, 15) is 18.0 Å². The fourth-order valence-electron chi connectivity index (χ4n) is 1.07. The molecular weight excluding hydrogens is 253 g/mol. The molecule has 0 atom stereocenters. The Bertz CT molecular complexity index is 435. The van der Waals surface area contributed by atoms with Crippen LogP contribution in [0.1, 0.15) is 23.0 Å². The first-order chi connectivity index (χ1) is 8.33. The van der Waals surface area contributed by atoms with Gasteiger partial charge in [-0.3, -0.25) is 0 Å². The summed E-state index contributed by atoms with van der Waals surface area (Å²) in [5, 5.41) is 6.85. The van der Waals surface area contributed by atoms with E-state index in [1.54, 1.807) is 6.92 Å². The van der Waals surface area contributed by atoms with Crippen LogP contribution in [0.2, 0.25) is 0 Å². The molecule has 1 aromatic heterocycles. The van der Waals surface area contributed by atoms with Crippen molar-refractivity contribution in [1.29, 1.82) is 0 Å². The number of nitrogens with zero attached hydrogens (tertiary/aromatic N) is 2. The van der Waals surface area contributed by atoms with Gasteiger partial charge in [0.15, 0.2) is 12.3 Å². The minimum absolute atomic E-state index is 0.0753. The van der Waals surface area contributed by atoms with Crippen LogP contribution in [0.5, 0.6) is 5.88 Å². The fourth-order valence-corrected chi connectivity index (χ4v) is 1.07. The summed E-state index contributed by atoms with van der Waals surface area (Å²) in [6.45, 7) is 1.80. The Morgan fingerprint density at radius 2 is 2.06 bits per heavy atom. The molecule has 0 N–H and O–H groups in total. The number of carbonyl (C=O) groups is 1. The molecule has 0 fully saturated rings. The summed E-state index contributed by atoms with van der Waals surface area (Å²) >= 11 is 0. The molecule has 18 heavy (non-hydrogen) atoms. The van der Waals surface area contributed by atoms with Crippen LogP contribution in [0.3, 0.4) is 0 Å². The lowest BCUT2D eigenvalue weighted by atomic mass is 10.3. The normalized spacial score (nSPS) is 11.2. The number of esters is 1. The van der Waals surface area contributed by atoms with Gasteiger partial charge in [0.25, 0.3) is 0 Å². The van der Waals surface area contributed by atoms with Gasteiger partial charge in [-0.25, -0.2) is 4.79 Å². The molecule has 0 aliphatic carbocycles. The van der Waals surface area contributed by atoms with Crippen molar-refractivity contribution in [3.63, 3.8) is 0 Å². The first kappa shape index (κ1) is 14.2. The predicted molar refractivity (Wildman–Crippen MR) is 54.3 cm³/mol. The maximum atomic E-state index is 11.9. The SMILES string of the molecule is CCOC(=O)c1cc(C)c(OCC(F)(F)F)nn1. The van der Waals surface area contributed by atoms with E-state index in [-0.39, 0.29) is 23.7 Å². The quantitative estimate of drug-likeness (QED) is 0.777. The van der Waals surface area contributed by atoms with Crippen molar-refractivity contribution in [2.45, 2.75) is 20.0 Å². The molecule has 0 aromatic carbocycles.